The predicted molar refractivity (Wildman–Crippen MR) is 109 cm³/mol. The lowest BCUT2D eigenvalue weighted by Gasteiger charge is -2.27. The first-order valence-corrected chi connectivity index (χ1v) is 9.31. The molecule has 2 amide bonds. The van der Waals surface area contributed by atoms with Crippen LogP contribution in [0.2, 0.25) is 0 Å². The molecule has 142 valence electrons. The van der Waals surface area contributed by atoms with Crippen LogP contribution in [-0.2, 0) is 16.0 Å². The van der Waals surface area contributed by atoms with Gasteiger partial charge >= 0.3 is 0 Å². The molecule has 0 aromatic heterocycles. The van der Waals surface area contributed by atoms with E-state index in [1.165, 1.54) is 10.5 Å². The van der Waals surface area contributed by atoms with Crippen LogP contribution >= 0.6 is 0 Å². The molecule has 1 aliphatic rings. The summed E-state index contributed by atoms with van der Waals surface area (Å²) in [5.41, 5.74) is 5.24. The molecule has 3 rings (SSSR count). The molecule has 1 N–H and O–H groups in total. The first-order chi connectivity index (χ1) is 12.9. The van der Waals surface area contributed by atoms with Gasteiger partial charge < -0.3 is 15.1 Å². The molecule has 0 saturated heterocycles. The highest BCUT2D eigenvalue weighted by Gasteiger charge is 2.28. The average Bonchev–Trinajstić information content (AvgIpc) is 2.94. The molecule has 2 aromatic rings. The molecule has 0 spiro atoms. The van der Waals surface area contributed by atoms with Crippen LogP contribution < -0.4 is 10.2 Å². The van der Waals surface area contributed by atoms with E-state index in [1.54, 1.807) is 7.05 Å². The molecule has 0 aliphatic carbocycles. The van der Waals surface area contributed by atoms with Crippen LogP contribution in [0.4, 0.5) is 11.4 Å². The molecule has 5 heteroatoms. The van der Waals surface area contributed by atoms with Crippen LogP contribution in [0.25, 0.3) is 0 Å². The minimum absolute atomic E-state index is 0.0382. The maximum atomic E-state index is 12.7. The summed E-state index contributed by atoms with van der Waals surface area (Å²) in [6.07, 6.45) is 0.945. The summed E-state index contributed by atoms with van der Waals surface area (Å²) in [5.74, 6) is -0.242. The van der Waals surface area contributed by atoms with E-state index >= 15 is 0 Å². The highest BCUT2D eigenvalue weighted by atomic mass is 16.2. The van der Waals surface area contributed by atoms with Gasteiger partial charge in [0.1, 0.15) is 0 Å². The fourth-order valence-electron chi connectivity index (χ4n) is 3.63. The van der Waals surface area contributed by atoms with Crippen molar-refractivity contribution in [1.29, 1.82) is 0 Å². The van der Waals surface area contributed by atoms with Crippen molar-refractivity contribution in [2.75, 3.05) is 30.4 Å². The Bertz CT molecular complexity index is 842. The number of nitrogens with zero attached hydrogens (tertiary/aromatic N) is 2. The highest BCUT2D eigenvalue weighted by molar-refractivity contribution is 5.96. The number of rotatable bonds is 5. The third kappa shape index (κ3) is 4.13. The number of carbonyl (C=O) groups excluding carboxylic acids is 2. The SMILES string of the molecule is Cc1cccc(C)c1NC(=O)CN(C)C(=O)CN1c2ccccc2C[C@H]1C. The van der Waals surface area contributed by atoms with Crippen molar-refractivity contribution in [3.63, 3.8) is 0 Å². The molecule has 0 bridgehead atoms. The molecule has 5 nitrogen and oxygen atoms in total. The van der Waals surface area contributed by atoms with Crippen molar-refractivity contribution in [3.8, 4) is 0 Å². The average molecular weight is 365 g/mol. The number of nitrogens with one attached hydrogen (secondary N) is 1. The minimum atomic E-state index is -0.182. The monoisotopic (exact) mass is 365 g/mol. The molecule has 1 heterocycles. The van der Waals surface area contributed by atoms with Gasteiger partial charge in [-0.1, -0.05) is 36.4 Å². The summed E-state index contributed by atoms with van der Waals surface area (Å²) >= 11 is 0. The van der Waals surface area contributed by atoms with Crippen molar-refractivity contribution < 1.29 is 9.59 Å². The van der Waals surface area contributed by atoms with Crippen LogP contribution in [0.5, 0.6) is 0 Å². The Morgan fingerprint density at radius 1 is 1.11 bits per heavy atom. The van der Waals surface area contributed by atoms with E-state index in [0.717, 1.165) is 28.9 Å². The number of likely N-dealkylation sites (N-methyl/N-ethyl adjacent to an activating group) is 1. The topological polar surface area (TPSA) is 52.7 Å². The number of benzene rings is 2. The second kappa shape index (κ2) is 7.82. The molecule has 1 atom stereocenters. The molecule has 0 radical (unpaired) electrons. The second-order valence-corrected chi connectivity index (χ2v) is 7.37. The summed E-state index contributed by atoms with van der Waals surface area (Å²) in [6.45, 7) is 6.37. The fraction of sp³-hybridized carbons (Fsp3) is 0.364. The van der Waals surface area contributed by atoms with Gasteiger partial charge in [0, 0.05) is 24.5 Å². The smallest absolute Gasteiger partial charge is 0.243 e. The quantitative estimate of drug-likeness (QED) is 0.886. The van der Waals surface area contributed by atoms with E-state index in [0.29, 0.717) is 0 Å². The molecular weight excluding hydrogens is 338 g/mol. The minimum Gasteiger partial charge on any atom is -0.359 e. The van der Waals surface area contributed by atoms with Gasteiger partial charge in [-0.3, -0.25) is 9.59 Å². The molecule has 2 aromatic carbocycles. The van der Waals surface area contributed by atoms with Crippen LogP contribution in [-0.4, -0.2) is 42.9 Å². The van der Waals surface area contributed by atoms with Gasteiger partial charge in [0.05, 0.1) is 13.1 Å². The lowest BCUT2D eigenvalue weighted by atomic mass is 10.1. The van der Waals surface area contributed by atoms with Gasteiger partial charge in [-0.2, -0.15) is 0 Å². The highest BCUT2D eigenvalue weighted by Crippen LogP contribution is 2.31. The molecule has 27 heavy (non-hydrogen) atoms. The molecule has 1 aliphatic heterocycles. The first-order valence-electron chi connectivity index (χ1n) is 9.31. The number of para-hydroxylation sites is 2. The zero-order valence-electron chi connectivity index (χ0n) is 16.5. The van der Waals surface area contributed by atoms with Gasteiger partial charge in [-0.25, -0.2) is 0 Å². The Morgan fingerprint density at radius 2 is 1.78 bits per heavy atom. The summed E-state index contributed by atoms with van der Waals surface area (Å²) in [7, 11) is 1.68. The zero-order valence-corrected chi connectivity index (χ0v) is 16.5. The van der Waals surface area contributed by atoms with Crippen molar-refractivity contribution in [2.45, 2.75) is 33.2 Å². The third-order valence-electron chi connectivity index (χ3n) is 5.21. The van der Waals surface area contributed by atoms with E-state index in [1.807, 2.05) is 44.2 Å². The number of anilines is 2. The van der Waals surface area contributed by atoms with E-state index in [9.17, 15) is 9.59 Å². The largest absolute Gasteiger partial charge is 0.359 e. The number of hydrogen-bond acceptors (Lipinski definition) is 3. The normalized spacial score (nSPS) is 15.4. The predicted octanol–water partition coefficient (Wildman–Crippen LogP) is 3.15. The van der Waals surface area contributed by atoms with Gasteiger partial charge in [0.2, 0.25) is 11.8 Å². The molecule has 0 unspecified atom stereocenters. The zero-order chi connectivity index (χ0) is 19.6. The molecule has 0 fully saturated rings. The maximum Gasteiger partial charge on any atom is 0.243 e. The second-order valence-electron chi connectivity index (χ2n) is 7.37. The van der Waals surface area contributed by atoms with E-state index in [2.05, 4.69) is 29.3 Å². The molecular formula is C22H27N3O2. The summed E-state index contributed by atoms with van der Waals surface area (Å²) in [4.78, 5) is 28.7. The number of hydrogen-bond donors (Lipinski definition) is 1. The van der Waals surface area contributed by atoms with Crippen LogP contribution in [0.15, 0.2) is 42.5 Å². The Balaban J connectivity index is 1.60. The van der Waals surface area contributed by atoms with Gasteiger partial charge in [0.25, 0.3) is 0 Å². The van der Waals surface area contributed by atoms with Crippen molar-refractivity contribution in [1.82, 2.24) is 4.90 Å². The Kier molecular flexibility index (Phi) is 5.49. The van der Waals surface area contributed by atoms with Crippen molar-refractivity contribution in [3.05, 3.63) is 59.2 Å². The van der Waals surface area contributed by atoms with Gasteiger partial charge in [-0.05, 0) is 49.9 Å². The first kappa shape index (κ1) is 19.0. The van der Waals surface area contributed by atoms with E-state index in [4.69, 9.17) is 0 Å². The van der Waals surface area contributed by atoms with Gasteiger partial charge in [0.15, 0.2) is 0 Å². The Labute approximate surface area is 161 Å². The van der Waals surface area contributed by atoms with Crippen LogP contribution in [0.1, 0.15) is 23.6 Å². The van der Waals surface area contributed by atoms with Gasteiger partial charge in [-0.15, -0.1) is 0 Å². The lowest BCUT2D eigenvalue weighted by Crippen LogP contribution is -2.43. The number of aryl methyl sites for hydroxylation is 2. The summed E-state index contributed by atoms with van der Waals surface area (Å²) in [6, 6.07) is 14.4. The summed E-state index contributed by atoms with van der Waals surface area (Å²) < 4.78 is 0. The summed E-state index contributed by atoms with van der Waals surface area (Å²) in [5, 5.41) is 2.94. The number of fused-ring (bicyclic) bond motifs is 1. The Hall–Kier alpha value is -2.82. The number of amides is 2. The fourth-order valence-corrected chi connectivity index (χ4v) is 3.63. The standard InChI is InChI=1S/C22H27N3O2/c1-15-8-7-9-16(2)22(15)23-20(26)13-24(4)21(27)14-25-17(3)12-18-10-5-6-11-19(18)25/h5-11,17H,12-14H2,1-4H3,(H,23,26)/t17-/m1/s1. The lowest BCUT2D eigenvalue weighted by molar-refractivity contribution is -0.132. The Morgan fingerprint density at radius 3 is 2.48 bits per heavy atom. The van der Waals surface area contributed by atoms with Crippen LogP contribution in [0, 0.1) is 13.8 Å². The third-order valence-corrected chi connectivity index (χ3v) is 5.21. The maximum absolute atomic E-state index is 12.7. The molecule has 0 saturated carbocycles. The van der Waals surface area contributed by atoms with Crippen molar-refractivity contribution >= 4 is 23.2 Å². The van der Waals surface area contributed by atoms with E-state index in [-0.39, 0.29) is 30.9 Å². The van der Waals surface area contributed by atoms with E-state index < -0.39 is 0 Å². The van der Waals surface area contributed by atoms with Crippen LogP contribution in [0.3, 0.4) is 0 Å². The van der Waals surface area contributed by atoms with Crippen molar-refractivity contribution in [2.24, 2.45) is 0 Å². The number of carbonyl (C=O) groups is 2.